The van der Waals surface area contributed by atoms with E-state index in [0.717, 1.165) is 11.6 Å². The molecule has 0 fully saturated rings. The molecule has 22 heavy (non-hydrogen) atoms. The van der Waals surface area contributed by atoms with Crippen molar-refractivity contribution in [3.63, 3.8) is 0 Å². The molecule has 2 unspecified atom stereocenters. The number of benzene rings is 1. The largest absolute Gasteiger partial charge is 0.492 e. The summed E-state index contributed by atoms with van der Waals surface area (Å²) in [6.07, 6.45) is 7.65. The number of carbonyl (C=O) groups is 1. The maximum atomic E-state index is 12.4. The van der Waals surface area contributed by atoms with Gasteiger partial charge in [-0.05, 0) is 31.2 Å². The second-order valence-electron chi connectivity index (χ2n) is 5.23. The third-order valence-corrected chi connectivity index (χ3v) is 3.64. The first-order chi connectivity index (χ1) is 10.8. The first kappa shape index (κ1) is 14.4. The van der Waals surface area contributed by atoms with Crippen LogP contribution in [0.2, 0.25) is 0 Å². The molecule has 1 N–H and O–H groups in total. The molecule has 2 aliphatic heterocycles. The lowest BCUT2D eigenvalue weighted by Gasteiger charge is -2.25. The molecule has 0 aromatic heterocycles. The summed E-state index contributed by atoms with van der Waals surface area (Å²) in [5.41, 5.74) is 0. The van der Waals surface area contributed by atoms with Crippen LogP contribution in [0.15, 0.2) is 59.8 Å². The molecule has 1 amide bonds. The van der Waals surface area contributed by atoms with Crippen molar-refractivity contribution in [2.75, 3.05) is 13.2 Å². The Kier molecular flexibility index (Phi) is 4.23. The maximum absolute atomic E-state index is 12.4. The van der Waals surface area contributed by atoms with Crippen molar-refractivity contribution in [3.05, 3.63) is 54.8 Å². The second kappa shape index (κ2) is 6.47. The highest BCUT2D eigenvalue weighted by molar-refractivity contribution is 6.01. The molecule has 0 bridgehead atoms. The van der Waals surface area contributed by atoms with Crippen LogP contribution >= 0.6 is 0 Å². The van der Waals surface area contributed by atoms with E-state index in [-0.39, 0.29) is 18.0 Å². The first-order valence-corrected chi connectivity index (χ1v) is 7.42. The number of hydrogen-bond acceptors (Lipinski definition) is 4. The molecule has 1 aromatic rings. The molecule has 2 aliphatic rings. The summed E-state index contributed by atoms with van der Waals surface area (Å²) in [7, 11) is 0. The normalized spacial score (nSPS) is 22.2. The zero-order valence-corrected chi connectivity index (χ0v) is 12.5. The minimum Gasteiger partial charge on any atom is -0.492 e. The zero-order valence-electron chi connectivity index (χ0n) is 12.5. The van der Waals surface area contributed by atoms with E-state index in [9.17, 15) is 4.79 Å². The van der Waals surface area contributed by atoms with Gasteiger partial charge in [-0.15, -0.1) is 0 Å². The highest BCUT2D eigenvalue weighted by Crippen LogP contribution is 2.21. The Bertz CT molecular complexity index is 622. The van der Waals surface area contributed by atoms with Crippen LogP contribution in [0.25, 0.3) is 0 Å². The predicted molar refractivity (Wildman–Crippen MR) is 85.8 cm³/mol. The Morgan fingerprint density at radius 2 is 2.14 bits per heavy atom. The number of para-hydroxylation sites is 1. The van der Waals surface area contributed by atoms with E-state index in [2.05, 4.69) is 10.3 Å². The van der Waals surface area contributed by atoms with Gasteiger partial charge in [0.2, 0.25) is 5.91 Å². The smallest absolute Gasteiger partial charge is 0.245 e. The van der Waals surface area contributed by atoms with Gasteiger partial charge in [-0.25, -0.2) is 0 Å². The Hall–Kier alpha value is -2.56. The van der Waals surface area contributed by atoms with Crippen LogP contribution in [0.4, 0.5) is 0 Å². The molecule has 3 rings (SSSR count). The number of ether oxygens (including phenoxy) is 1. The van der Waals surface area contributed by atoms with Crippen LogP contribution < -0.4 is 10.1 Å². The summed E-state index contributed by atoms with van der Waals surface area (Å²) in [5.74, 6) is 1.62. The summed E-state index contributed by atoms with van der Waals surface area (Å²) in [4.78, 5) is 18.8. The molecule has 5 heteroatoms. The van der Waals surface area contributed by atoms with E-state index in [1.165, 1.54) is 0 Å². The van der Waals surface area contributed by atoms with Crippen LogP contribution in [-0.2, 0) is 4.79 Å². The summed E-state index contributed by atoms with van der Waals surface area (Å²) in [6.45, 7) is 2.87. The molecule has 5 nitrogen and oxygen atoms in total. The summed E-state index contributed by atoms with van der Waals surface area (Å²) < 4.78 is 5.57. The maximum Gasteiger partial charge on any atom is 0.245 e. The number of aliphatic imine (C=N–C) groups is 1. The van der Waals surface area contributed by atoms with Crippen molar-refractivity contribution in [2.45, 2.75) is 19.0 Å². The molecule has 2 heterocycles. The fourth-order valence-electron chi connectivity index (χ4n) is 2.61. The number of fused-ring (bicyclic) bond motifs is 1. The summed E-state index contributed by atoms with van der Waals surface area (Å²) >= 11 is 0. The lowest BCUT2D eigenvalue weighted by atomic mass is 10.1. The molecule has 0 saturated heterocycles. The lowest BCUT2D eigenvalue weighted by Crippen LogP contribution is -2.48. The minimum absolute atomic E-state index is 0.0251. The third-order valence-electron chi connectivity index (χ3n) is 3.64. The highest BCUT2D eigenvalue weighted by atomic mass is 16.5. The number of nitrogens with zero attached hydrogens (tertiary/aromatic N) is 2. The van der Waals surface area contributed by atoms with Crippen molar-refractivity contribution in [2.24, 2.45) is 4.99 Å². The SMILES string of the molecule is CC1N=C2C=CC=CN2C1C(=O)NCCOc1ccccc1. The fourth-order valence-corrected chi connectivity index (χ4v) is 2.61. The number of amidine groups is 1. The van der Waals surface area contributed by atoms with Crippen molar-refractivity contribution in [1.82, 2.24) is 10.2 Å². The third kappa shape index (κ3) is 3.03. The molecule has 0 saturated carbocycles. The van der Waals surface area contributed by atoms with E-state index in [1.807, 2.05) is 66.6 Å². The van der Waals surface area contributed by atoms with Gasteiger partial charge >= 0.3 is 0 Å². The van der Waals surface area contributed by atoms with E-state index in [4.69, 9.17) is 4.74 Å². The van der Waals surface area contributed by atoms with Gasteiger partial charge in [0.05, 0.1) is 12.6 Å². The number of carbonyl (C=O) groups excluding carboxylic acids is 1. The quantitative estimate of drug-likeness (QED) is 0.842. The molecular formula is C17H19N3O2. The molecule has 0 aliphatic carbocycles. The number of amides is 1. The summed E-state index contributed by atoms with van der Waals surface area (Å²) in [6, 6.07) is 9.23. The molecule has 2 atom stereocenters. The van der Waals surface area contributed by atoms with Gasteiger partial charge < -0.3 is 15.0 Å². The Labute approximate surface area is 130 Å². The highest BCUT2D eigenvalue weighted by Gasteiger charge is 2.37. The molecule has 114 valence electrons. The van der Waals surface area contributed by atoms with Gasteiger partial charge in [-0.3, -0.25) is 9.79 Å². The van der Waals surface area contributed by atoms with Crippen molar-refractivity contribution in [3.8, 4) is 5.75 Å². The van der Waals surface area contributed by atoms with Crippen molar-refractivity contribution < 1.29 is 9.53 Å². The summed E-state index contributed by atoms with van der Waals surface area (Å²) in [5, 5.41) is 2.92. The van der Waals surface area contributed by atoms with E-state index < -0.39 is 0 Å². The van der Waals surface area contributed by atoms with Gasteiger partial charge in [-0.2, -0.15) is 0 Å². The van der Waals surface area contributed by atoms with Gasteiger partial charge in [0.15, 0.2) is 0 Å². The van der Waals surface area contributed by atoms with Crippen molar-refractivity contribution in [1.29, 1.82) is 0 Å². The van der Waals surface area contributed by atoms with Crippen LogP contribution in [0.3, 0.4) is 0 Å². The van der Waals surface area contributed by atoms with E-state index >= 15 is 0 Å². The number of hydrogen-bond donors (Lipinski definition) is 1. The number of allylic oxidation sites excluding steroid dienone is 2. The van der Waals surface area contributed by atoms with Crippen LogP contribution in [0.1, 0.15) is 6.92 Å². The van der Waals surface area contributed by atoms with Gasteiger partial charge in [0.1, 0.15) is 24.2 Å². The molecule has 0 spiro atoms. The molecular weight excluding hydrogens is 278 g/mol. The first-order valence-electron chi connectivity index (χ1n) is 7.42. The Morgan fingerprint density at radius 3 is 2.95 bits per heavy atom. The van der Waals surface area contributed by atoms with E-state index in [0.29, 0.717) is 13.2 Å². The van der Waals surface area contributed by atoms with Crippen LogP contribution in [-0.4, -0.2) is 41.9 Å². The lowest BCUT2D eigenvalue weighted by molar-refractivity contribution is -0.124. The van der Waals surface area contributed by atoms with Gasteiger partial charge in [-0.1, -0.05) is 24.3 Å². The van der Waals surface area contributed by atoms with Crippen LogP contribution in [0, 0.1) is 0 Å². The zero-order chi connectivity index (χ0) is 15.4. The second-order valence-corrected chi connectivity index (χ2v) is 5.23. The average Bonchev–Trinajstić information content (AvgIpc) is 2.88. The topological polar surface area (TPSA) is 53.9 Å². The number of nitrogens with one attached hydrogen (secondary N) is 1. The van der Waals surface area contributed by atoms with E-state index in [1.54, 1.807) is 0 Å². The standard InChI is InChI=1S/C17H19N3O2/c1-13-16(20-11-6-5-9-15(20)19-13)17(21)18-10-12-22-14-7-3-2-4-8-14/h2-9,11,13,16H,10,12H2,1H3,(H,18,21). The van der Waals surface area contributed by atoms with Gasteiger partial charge in [0, 0.05) is 6.20 Å². The number of rotatable bonds is 5. The van der Waals surface area contributed by atoms with Crippen molar-refractivity contribution >= 4 is 11.7 Å². The Morgan fingerprint density at radius 1 is 1.32 bits per heavy atom. The molecule has 0 radical (unpaired) electrons. The van der Waals surface area contributed by atoms with Crippen LogP contribution in [0.5, 0.6) is 5.75 Å². The predicted octanol–water partition coefficient (Wildman–Crippen LogP) is 1.74. The Balaban J connectivity index is 1.48. The monoisotopic (exact) mass is 297 g/mol. The fraction of sp³-hybridized carbons (Fsp3) is 0.294. The average molecular weight is 297 g/mol. The van der Waals surface area contributed by atoms with Gasteiger partial charge in [0.25, 0.3) is 0 Å². The minimum atomic E-state index is -0.284. The molecule has 1 aromatic carbocycles.